The zero-order valence-corrected chi connectivity index (χ0v) is 13.0. The first-order valence-electron chi connectivity index (χ1n) is 6.44. The number of carbonyl (C=O) groups is 1. The van der Waals surface area contributed by atoms with Gasteiger partial charge in [0.2, 0.25) is 5.91 Å². The van der Waals surface area contributed by atoms with Crippen LogP contribution in [0.2, 0.25) is 0 Å². The number of rotatable bonds is 6. The summed E-state index contributed by atoms with van der Waals surface area (Å²) in [7, 11) is -3.53. The monoisotopic (exact) mass is 295 g/mol. The molecule has 1 aromatic carbocycles. The van der Waals surface area contributed by atoms with Crippen molar-refractivity contribution >= 4 is 15.7 Å². The molecule has 0 aliphatic carbocycles. The lowest BCUT2D eigenvalue weighted by atomic mass is 10.1. The molecule has 1 amide bonds. The van der Waals surface area contributed by atoms with Crippen molar-refractivity contribution in [1.82, 2.24) is 5.32 Å². The summed E-state index contributed by atoms with van der Waals surface area (Å²) in [5.74, 6) is -0.612. The molecule has 20 heavy (non-hydrogen) atoms. The number of hydrogen-bond acceptors (Lipinski definition) is 3. The summed E-state index contributed by atoms with van der Waals surface area (Å²) in [6, 6.07) is 5.68. The van der Waals surface area contributed by atoms with Crippen LogP contribution in [-0.4, -0.2) is 26.1 Å². The Kier molecular flexibility index (Phi) is 5.51. The first kappa shape index (κ1) is 16.4. The lowest BCUT2D eigenvalue weighted by molar-refractivity contribution is -0.120. The Balaban J connectivity index is 2.91. The molecule has 1 rings (SSSR count). The Labute approximate surface area is 120 Å². The SMILES string of the molecule is C=CCNC(=O)C(C)S(=O)(=O)Cc1cc(C)ccc1C. The molecule has 4 nitrogen and oxygen atoms in total. The topological polar surface area (TPSA) is 63.2 Å². The lowest BCUT2D eigenvalue weighted by Gasteiger charge is -2.14. The highest BCUT2D eigenvalue weighted by molar-refractivity contribution is 7.92. The normalized spacial score (nSPS) is 12.8. The van der Waals surface area contributed by atoms with E-state index in [4.69, 9.17) is 0 Å². The van der Waals surface area contributed by atoms with E-state index in [-0.39, 0.29) is 12.3 Å². The van der Waals surface area contributed by atoms with E-state index in [2.05, 4.69) is 11.9 Å². The van der Waals surface area contributed by atoms with Gasteiger partial charge in [0.05, 0.1) is 5.75 Å². The van der Waals surface area contributed by atoms with Gasteiger partial charge in [0.25, 0.3) is 0 Å². The average molecular weight is 295 g/mol. The molecule has 0 bridgehead atoms. The van der Waals surface area contributed by atoms with Gasteiger partial charge in [0, 0.05) is 6.54 Å². The van der Waals surface area contributed by atoms with Gasteiger partial charge in [0.15, 0.2) is 9.84 Å². The lowest BCUT2D eigenvalue weighted by Crippen LogP contribution is -2.38. The minimum atomic E-state index is -3.53. The maximum absolute atomic E-state index is 12.3. The molecule has 0 aromatic heterocycles. The van der Waals surface area contributed by atoms with Crippen LogP contribution in [0.1, 0.15) is 23.6 Å². The van der Waals surface area contributed by atoms with Gasteiger partial charge in [-0.15, -0.1) is 6.58 Å². The summed E-state index contributed by atoms with van der Waals surface area (Å²) in [6.07, 6.45) is 1.52. The highest BCUT2D eigenvalue weighted by Gasteiger charge is 2.28. The van der Waals surface area contributed by atoms with E-state index in [9.17, 15) is 13.2 Å². The Morgan fingerprint density at radius 3 is 2.65 bits per heavy atom. The second-order valence-electron chi connectivity index (χ2n) is 4.91. The smallest absolute Gasteiger partial charge is 0.238 e. The van der Waals surface area contributed by atoms with Crippen LogP contribution in [0.5, 0.6) is 0 Å². The summed E-state index contributed by atoms with van der Waals surface area (Å²) < 4.78 is 24.6. The van der Waals surface area contributed by atoms with E-state index in [1.807, 2.05) is 32.0 Å². The number of carbonyl (C=O) groups excluding carboxylic acids is 1. The number of sulfone groups is 1. The minimum Gasteiger partial charge on any atom is -0.352 e. The highest BCUT2D eigenvalue weighted by Crippen LogP contribution is 2.17. The van der Waals surface area contributed by atoms with E-state index in [0.717, 1.165) is 16.7 Å². The molecule has 110 valence electrons. The quantitative estimate of drug-likeness (QED) is 0.815. The maximum atomic E-state index is 12.3. The Morgan fingerprint density at radius 1 is 1.40 bits per heavy atom. The summed E-state index contributed by atoms with van der Waals surface area (Å²) in [5, 5.41) is 1.45. The van der Waals surface area contributed by atoms with Crippen LogP contribution in [0.25, 0.3) is 0 Å². The minimum absolute atomic E-state index is 0.122. The number of nitrogens with one attached hydrogen (secondary N) is 1. The van der Waals surface area contributed by atoms with Crippen molar-refractivity contribution in [1.29, 1.82) is 0 Å². The van der Waals surface area contributed by atoms with Crippen molar-refractivity contribution in [2.24, 2.45) is 0 Å². The molecule has 1 aromatic rings. The second kappa shape index (κ2) is 6.70. The molecule has 0 fully saturated rings. The Bertz CT molecular complexity index is 606. The van der Waals surface area contributed by atoms with Crippen molar-refractivity contribution in [3.05, 3.63) is 47.5 Å². The van der Waals surface area contributed by atoms with Crippen LogP contribution >= 0.6 is 0 Å². The van der Waals surface area contributed by atoms with E-state index < -0.39 is 21.0 Å². The van der Waals surface area contributed by atoms with Gasteiger partial charge in [-0.05, 0) is 31.9 Å². The number of amides is 1. The van der Waals surface area contributed by atoms with E-state index in [0.29, 0.717) is 0 Å². The molecule has 0 aliphatic heterocycles. The van der Waals surface area contributed by atoms with Crippen LogP contribution < -0.4 is 5.32 Å². The van der Waals surface area contributed by atoms with Crippen LogP contribution in [0.4, 0.5) is 0 Å². The average Bonchev–Trinajstić information content (AvgIpc) is 2.39. The predicted octanol–water partition coefficient (Wildman–Crippen LogP) is 1.91. The number of aryl methyl sites for hydroxylation is 2. The predicted molar refractivity (Wildman–Crippen MR) is 81.2 cm³/mol. The molecule has 0 heterocycles. The zero-order chi connectivity index (χ0) is 15.3. The molecule has 0 saturated heterocycles. The van der Waals surface area contributed by atoms with Crippen molar-refractivity contribution in [3.63, 3.8) is 0 Å². The van der Waals surface area contributed by atoms with Gasteiger partial charge < -0.3 is 5.32 Å². The standard InChI is InChI=1S/C15H21NO3S/c1-5-8-16-15(17)13(4)20(18,19)10-14-9-11(2)6-7-12(14)3/h5-7,9,13H,1,8,10H2,2-4H3,(H,16,17). The molecule has 1 unspecified atom stereocenters. The fourth-order valence-corrected chi connectivity index (χ4v) is 3.18. The third kappa shape index (κ3) is 4.20. The summed E-state index contributed by atoms with van der Waals surface area (Å²) in [6.45, 7) is 8.94. The van der Waals surface area contributed by atoms with Gasteiger partial charge in [0.1, 0.15) is 5.25 Å². The fourth-order valence-electron chi connectivity index (χ4n) is 1.78. The van der Waals surface area contributed by atoms with Gasteiger partial charge in [-0.2, -0.15) is 0 Å². The van der Waals surface area contributed by atoms with Crippen molar-refractivity contribution in [2.75, 3.05) is 6.54 Å². The number of hydrogen-bond donors (Lipinski definition) is 1. The molecule has 0 aliphatic rings. The molecule has 0 radical (unpaired) electrons. The third-order valence-electron chi connectivity index (χ3n) is 3.19. The molecular weight excluding hydrogens is 274 g/mol. The molecule has 1 N–H and O–H groups in total. The van der Waals surface area contributed by atoms with Crippen LogP contribution in [-0.2, 0) is 20.4 Å². The second-order valence-corrected chi connectivity index (χ2v) is 7.23. The van der Waals surface area contributed by atoms with Crippen LogP contribution in [0.15, 0.2) is 30.9 Å². The molecular formula is C15H21NO3S. The highest BCUT2D eigenvalue weighted by atomic mass is 32.2. The molecule has 0 spiro atoms. The summed E-state index contributed by atoms with van der Waals surface area (Å²) in [4.78, 5) is 11.8. The van der Waals surface area contributed by atoms with Gasteiger partial charge in [-0.1, -0.05) is 29.8 Å². The van der Waals surface area contributed by atoms with Crippen LogP contribution in [0, 0.1) is 13.8 Å². The van der Waals surface area contributed by atoms with Gasteiger partial charge in [-0.3, -0.25) is 4.79 Å². The fraction of sp³-hybridized carbons (Fsp3) is 0.400. The molecule has 1 atom stereocenters. The van der Waals surface area contributed by atoms with Crippen LogP contribution in [0.3, 0.4) is 0 Å². The third-order valence-corrected chi connectivity index (χ3v) is 5.19. The van der Waals surface area contributed by atoms with Gasteiger partial charge >= 0.3 is 0 Å². The largest absolute Gasteiger partial charge is 0.352 e. The van der Waals surface area contributed by atoms with Crippen molar-refractivity contribution in [2.45, 2.75) is 31.8 Å². The van der Waals surface area contributed by atoms with E-state index >= 15 is 0 Å². The van der Waals surface area contributed by atoms with E-state index in [1.54, 1.807) is 0 Å². The van der Waals surface area contributed by atoms with Crippen molar-refractivity contribution in [3.8, 4) is 0 Å². The summed E-state index contributed by atoms with van der Waals surface area (Å²) in [5.41, 5.74) is 2.66. The van der Waals surface area contributed by atoms with E-state index in [1.165, 1.54) is 13.0 Å². The molecule has 0 saturated carbocycles. The zero-order valence-electron chi connectivity index (χ0n) is 12.1. The Morgan fingerprint density at radius 2 is 2.05 bits per heavy atom. The number of benzene rings is 1. The maximum Gasteiger partial charge on any atom is 0.238 e. The van der Waals surface area contributed by atoms with Gasteiger partial charge in [-0.25, -0.2) is 8.42 Å². The summed E-state index contributed by atoms with van der Waals surface area (Å²) >= 11 is 0. The first-order chi connectivity index (χ1) is 9.27. The molecule has 5 heteroatoms. The Hall–Kier alpha value is -1.62. The van der Waals surface area contributed by atoms with Crippen molar-refractivity contribution < 1.29 is 13.2 Å². The first-order valence-corrected chi connectivity index (χ1v) is 8.15.